The van der Waals surface area contributed by atoms with Crippen LogP contribution in [0.3, 0.4) is 0 Å². The zero-order chi connectivity index (χ0) is 24.2. The fourth-order valence-corrected chi connectivity index (χ4v) is 2.93. The summed E-state index contributed by atoms with van der Waals surface area (Å²) < 4.78 is 0. The standard InChI is InChI=1S/C19H20N2O4.C7H8O/c1-2-11-21(19(25)20-13-17(22)23)18(24)16-10-6-9-15(12-16)14-7-4-3-5-8-14;1-6-2-4-7(8)5-3-6/h3-10,12H,2,11,13H2,1H3,(H,20,25)(H,22,23);2-5,8H,1H3. The second kappa shape index (κ2) is 12.7. The zero-order valence-electron chi connectivity index (χ0n) is 18.7. The lowest BCUT2D eigenvalue weighted by Crippen LogP contribution is -2.45. The van der Waals surface area contributed by atoms with E-state index >= 15 is 0 Å². The Balaban J connectivity index is 0.000000405. The number of phenols is 1. The Morgan fingerprint density at radius 2 is 1.52 bits per heavy atom. The number of aryl methyl sites for hydroxylation is 1. The van der Waals surface area contributed by atoms with Gasteiger partial charge in [-0.1, -0.05) is 67.1 Å². The molecule has 3 rings (SSSR count). The first-order chi connectivity index (χ1) is 15.8. The van der Waals surface area contributed by atoms with Gasteiger partial charge in [-0.3, -0.25) is 14.5 Å². The number of carbonyl (C=O) groups excluding carboxylic acids is 2. The van der Waals surface area contributed by atoms with Gasteiger partial charge in [0.2, 0.25) is 0 Å². The lowest BCUT2D eigenvalue weighted by atomic mass is 10.0. The Bertz CT molecular complexity index is 1040. The van der Waals surface area contributed by atoms with Crippen LogP contribution in [-0.2, 0) is 4.79 Å². The lowest BCUT2D eigenvalue weighted by Gasteiger charge is -2.20. The Morgan fingerprint density at radius 3 is 2.09 bits per heavy atom. The fourth-order valence-electron chi connectivity index (χ4n) is 2.93. The van der Waals surface area contributed by atoms with Gasteiger partial charge in [0, 0.05) is 12.1 Å². The molecule has 0 aliphatic heterocycles. The van der Waals surface area contributed by atoms with Gasteiger partial charge in [-0.15, -0.1) is 0 Å². The summed E-state index contributed by atoms with van der Waals surface area (Å²) in [6.45, 7) is 3.50. The molecule has 3 N–H and O–H groups in total. The number of aliphatic carboxylic acids is 1. The number of rotatable bonds is 6. The summed E-state index contributed by atoms with van der Waals surface area (Å²) in [5.41, 5.74) is 3.38. The number of phenolic OH excluding ortho intramolecular Hbond substituents is 1. The second-order valence-corrected chi connectivity index (χ2v) is 7.29. The number of hydrogen-bond donors (Lipinski definition) is 3. The van der Waals surface area contributed by atoms with Crippen LogP contribution >= 0.6 is 0 Å². The summed E-state index contributed by atoms with van der Waals surface area (Å²) in [6.07, 6.45) is 0.574. The maximum Gasteiger partial charge on any atom is 0.324 e. The van der Waals surface area contributed by atoms with Crippen molar-refractivity contribution in [2.75, 3.05) is 13.1 Å². The topological polar surface area (TPSA) is 107 Å². The summed E-state index contributed by atoms with van der Waals surface area (Å²) in [7, 11) is 0. The third-order valence-corrected chi connectivity index (χ3v) is 4.58. The molecule has 3 amide bonds. The monoisotopic (exact) mass is 448 g/mol. The van der Waals surface area contributed by atoms with Crippen LogP contribution in [0.15, 0.2) is 78.9 Å². The summed E-state index contributed by atoms with van der Waals surface area (Å²) in [6, 6.07) is 23.0. The van der Waals surface area contributed by atoms with Crippen molar-refractivity contribution in [2.45, 2.75) is 20.3 Å². The van der Waals surface area contributed by atoms with Crippen LogP contribution in [0, 0.1) is 6.92 Å². The minimum absolute atomic E-state index is 0.208. The van der Waals surface area contributed by atoms with E-state index in [1.807, 2.05) is 62.4 Å². The molecule has 0 aliphatic carbocycles. The predicted octanol–water partition coefficient (Wildman–Crippen LogP) is 4.70. The van der Waals surface area contributed by atoms with E-state index < -0.39 is 24.5 Å². The van der Waals surface area contributed by atoms with Gasteiger partial charge in [-0.05, 0) is 48.7 Å². The van der Waals surface area contributed by atoms with E-state index in [0.717, 1.165) is 16.0 Å². The van der Waals surface area contributed by atoms with Crippen LogP contribution in [0.2, 0.25) is 0 Å². The number of carbonyl (C=O) groups is 3. The Labute approximate surface area is 193 Å². The van der Waals surface area contributed by atoms with Crippen molar-refractivity contribution in [1.82, 2.24) is 10.2 Å². The number of nitrogens with one attached hydrogen (secondary N) is 1. The van der Waals surface area contributed by atoms with Crippen molar-refractivity contribution in [3.63, 3.8) is 0 Å². The van der Waals surface area contributed by atoms with Gasteiger partial charge < -0.3 is 15.5 Å². The molecule has 0 unspecified atom stereocenters. The van der Waals surface area contributed by atoms with E-state index in [-0.39, 0.29) is 6.54 Å². The molecule has 33 heavy (non-hydrogen) atoms. The number of hydrogen-bond acceptors (Lipinski definition) is 4. The fraction of sp³-hybridized carbons (Fsp3) is 0.192. The molecule has 0 aromatic heterocycles. The van der Waals surface area contributed by atoms with Crippen molar-refractivity contribution in [1.29, 1.82) is 0 Å². The molecule has 172 valence electrons. The molecule has 0 fully saturated rings. The van der Waals surface area contributed by atoms with Gasteiger partial charge in [0.15, 0.2) is 0 Å². The highest BCUT2D eigenvalue weighted by Crippen LogP contribution is 2.21. The molecule has 0 saturated heterocycles. The number of carboxylic acid groups (broad SMARTS) is 1. The van der Waals surface area contributed by atoms with E-state index in [1.165, 1.54) is 5.56 Å². The molecule has 0 aliphatic rings. The number of imide groups is 1. The normalized spacial score (nSPS) is 9.88. The first-order valence-corrected chi connectivity index (χ1v) is 10.5. The summed E-state index contributed by atoms with van der Waals surface area (Å²) in [4.78, 5) is 36.5. The molecular formula is C26H28N2O5. The maximum absolute atomic E-state index is 12.7. The largest absolute Gasteiger partial charge is 0.508 e. The summed E-state index contributed by atoms with van der Waals surface area (Å²) >= 11 is 0. The van der Waals surface area contributed by atoms with E-state index in [2.05, 4.69) is 5.32 Å². The zero-order valence-corrected chi connectivity index (χ0v) is 18.7. The van der Waals surface area contributed by atoms with Crippen molar-refractivity contribution < 1.29 is 24.6 Å². The molecule has 0 heterocycles. The van der Waals surface area contributed by atoms with Crippen molar-refractivity contribution in [3.05, 3.63) is 90.0 Å². The van der Waals surface area contributed by atoms with Crippen molar-refractivity contribution in [3.8, 4) is 16.9 Å². The van der Waals surface area contributed by atoms with Gasteiger partial charge in [0.25, 0.3) is 5.91 Å². The average molecular weight is 449 g/mol. The second-order valence-electron chi connectivity index (χ2n) is 7.29. The Kier molecular flexibility index (Phi) is 9.64. The van der Waals surface area contributed by atoms with Gasteiger partial charge in [0.05, 0.1) is 0 Å². The number of benzene rings is 3. The van der Waals surface area contributed by atoms with Crippen LogP contribution in [0.5, 0.6) is 5.75 Å². The van der Waals surface area contributed by atoms with Crippen LogP contribution in [0.1, 0.15) is 29.3 Å². The Morgan fingerprint density at radius 1 is 0.879 bits per heavy atom. The molecule has 0 bridgehead atoms. The highest BCUT2D eigenvalue weighted by atomic mass is 16.4. The van der Waals surface area contributed by atoms with Crippen molar-refractivity contribution >= 4 is 17.9 Å². The highest BCUT2D eigenvalue weighted by Gasteiger charge is 2.22. The van der Waals surface area contributed by atoms with E-state index in [9.17, 15) is 14.4 Å². The molecule has 3 aromatic rings. The first-order valence-electron chi connectivity index (χ1n) is 10.5. The lowest BCUT2D eigenvalue weighted by molar-refractivity contribution is -0.135. The van der Waals surface area contributed by atoms with Gasteiger partial charge in [-0.25, -0.2) is 4.79 Å². The minimum atomic E-state index is -1.16. The van der Waals surface area contributed by atoms with E-state index in [4.69, 9.17) is 10.2 Å². The maximum atomic E-state index is 12.7. The van der Waals surface area contributed by atoms with Crippen LogP contribution < -0.4 is 5.32 Å². The number of amides is 3. The first kappa shape index (κ1) is 25.1. The molecule has 0 spiro atoms. The van der Waals surface area contributed by atoms with Crippen LogP contribution in [-0.4, -0.2) is 46.1 Å². The van der Waals surface area contributed by atoms with Gasteiger partial charge in [-0.2, -0.15) is 0 Å². The SMILES string of the molecule is CCCN(C(=O)NCC(=O)O)C(=O)c1cccc(-c2ccccc2)c1.Cc1ccc(O)cc1. The molecule has 0 saturated carbocycles. The average Bonchev–Trinajstić information content (AvgIpc) is 2.83. The number of nitrogens with zero attached hydrogens (tertiary/aromatic N) is 1. The minimum Gasteiger partial charge on any atom is -0.508 e. The molecule has 7 nitrogen and oxygen atoms in total. The number of carboxylic acids is 1. The van der Waals surface area contributed by atoms with E-state index in [1.54, 1.807) is 30.3 Å². The predicted molar refractivity (Wildman–Crippen MR) is 127 cm³/mol. The van der Waals surface area contributed by atoms with Gasteiger partial charge in [0.1, 0.15) is 12.3 Å². The smallest absolute Gasteiger partial charge is 0.324 e. The molecule has 0 radical (unpaired) electrons. The van der Waals surface area contributed by atoms with Crippen LogP contribution in [0.25, 0.3) is 11.1 Å². The number of aromatic hydroxyl groups is 1. The summed E-state index contributed by atoms with van der Waals surface area (Å²) in [5, 5.41) is 19.7. The molecule has 7 heteroatoms. The molecular weight excluding hydrogens is 420 g/mol. The third kappa shape index (κ3) is 8.14. The molecule has 3 aromatic carbocycles. The Hall–Kier alpha value is -4.13. The van der Waals surface area contributed by atoms with E-state index in [0.29, 0.717) is 17.7 Å². The van der Waals surface area contributed by atoms with Crippen LogP contribution in [0.4, 0.5) is 4.79 Å². The number of urea groups is 1. The third-order valence-electron chi connectivity index (χ3n) is 4.58. The highest BCUT2D eigenvalue weighted by molar-refractivity contribution is 6.05. The van der Waals surface area contributed by atoms with Gasteiger partial charge >= 0.3 is 12.0 Å². The molecule has 0 atom stereocenters. The summed E-state index contributed by atoms with van der Waals surface area (Å²) in [5.74, 6) is -1.29. The van der Waals surface area contributed by atoms with Crippen molar-refractivity contribution in [2.24, 2.45) is 0 Å². The quantitative estimate of drug-likeness (QED) is 0.507.